The van der Waals surface area contributed by atoms with Gasteiger partial charge in [0.15, 0.2) is 6.29 Å². The molecule has 3 nitrogen and oxygen atoms in total. The van der Waals surface area contributed by atoms with Crippen molar-refractivity contribution in [2.24, 2.45) is 56.2 Å². The van der Waals surface area contributed by atoms with Crippen molar-refractivity contribution in [3.63, 3.8) is 0 Å². The molecule has 7 rings (SSSR count). The minimum Gasteiger partial charge on any atom is -0.367 e. The van der Waals surface area contributed by atoms with Crippen molar-refractivity contribution in [3.8, 4) is 0 Å². The van der Waals surface area contributed by atoms with Gasteiger partial charge < -0.3 is 9.84 Å². The number of carbonyl (C=O) groups is 1. The normalized spacial score (nSPS) is 62.5. The topological polar surface area (TPSA) is 46.5 Å². The van der Waals surface area contributed by atoms with Gasteiger partial charge in [-0.3, -0.25) is 4.79 Å². The Hall–Kier alpha value is -0.410. The molecule has 33 heavy (non-hydrogen) atoms. The van der Waals surface area contributed by atoms with E-state index >= 15 is 0 Å². The van der Waals surface area contributed by atoms with Crippen molar-refractivity contribution in [2.45, 2.75) is 118 Å². The predicted molar refractivity (Wildman–Crippen MR) is 130 cm³/mol. The SMILES string of the molecule is C[C@H]1C(=O)CC[C@@H]2[C@]1(C)CC[C@H]1[C@@]2(C)CC[C@@]2(C)[C@@H]3C[C@]4(C)CC[C@@]3(CC[C@]12C)C(O)OC4. The summed E-state index contributed by atoms with van der Waals surface area (Å²) in [7, 11) is 0. The zero-order valence-electron chi connectivity index (χ0n) is 22.1. The van der Waals surface area contributed by atoms with E-state index in [1.807, 2.05) is 0 Å². The second-order valence-electron chi connectivity index (χ2n) is 15.2. The molecule has 1 N–H and O–H groups in total. The van der Waals surface area contributed by atoms with Crippen LogP contribution in [0.5, 0.6) is 0 Å². The minimum absolute atomic E-state index is 0.0348. The number of aliphatic hydroxyl groups excluding tert-OH is 1. The number of ether oxygens (including phenoxy) is 1. The van der Waals surface area contributed by atoms with E-state index in [9.17, 15) is 9.90 Å². The molecular formula is C30H48O3. The highest BCUT2D eigenvalue weighted by Crippen LogP contribution is 2.79. The van der Waals surface area contributed by atoms with Gasteiger partial charge >= 0.3 is 0 Å². The lowest BCUT2D eigenvalue weighted by atomic mass is 9.30. The zero-order valence-corrected chi connectivity index (χ0v) is 22.1. The molecule has 5 saturated carbocycles. The number of hydrogen-bond acceptors (Lipinski definition) is 3. The van der Waals surface area contributed by atoms with Crippen LogP contribution in [0.2, 0.25) is 0 Å². The van der Waals surface area contributed by atoms with Gasteiger partial charge in [0.2, 0.25) is 0 Å². The second-order valence-corrected chi connectivity index (χ2v) is 15.2. The fourth-order valence-corrected chi connectivity index (χ4v) is 11.8. The Labute approximate surface area is 201 Å². The van der Waals surface area contributed by atoms with E-state index in [-0.39, 0.29) is 27.6 Å². The van der Waals surface area contributed by atoms with Crippen LogP contribution in [0.15, 0.2) is 0 Å². The van der Waals surface area contributed by atoms with Gasteiger partial charge in [0.05, 0.1) is 6.61 Å². The van der Waals surface area contributed by atoms with Crippen LogP contribution < -0.4 is 0 Å². The Kier molecular flexibility index (Phi) is 4.65. The van der Waals surface area contributed by atoms with Crippen LogP contribution >= 0.6 is 0 Å². The van der Waals surface area contributed by atoms with E-state index < -0.39 is 6.29 Å². The molecule has 0 aromatic heterocycles. The fourth-order valence-electron chi connectivity index (χ4n) is 11.8. The summed E-state index contributed by atoms with van der Waals surface area (Å²) in [6, 6.07) is 0. The van der Waals surface area contributed by atoms with E-state index in [1.54, 1.807) is 0 Å². The van der Waals surface area contributed by atoms with Crippen molar-refractivity contribution < 1.29 is 14.6 Å². The molecule has 2 heterocycles. The first-order valence-corrected chi connectivity index (χ1v) is 14.2. The van der Waals surface area contributed by atoms with Crippen LogP contribution in [-0.2, 0) is 9.53 Å². The van der Waals surface area contributed by atoms with E-state index in [0.717, 1.165) is 38.2 Å². The second kappa shape index (κ2) is 6.67. The van der Waals surface area contributed by atoms with Crippen molar-refractivity contribution in [2.75, 3.05) is 6.61 Å². The Morgan fingerprint density at radius 3 is 2.21 bits per heavy atom. The van der Waals surface area contributed by atoms with Crippen LogP contribution in [0.1, 0.15) is 112 Å². The summed E-state index contributed by atoms with van der Waals surface area (Å²) in [5.41, 5.74) is 1.27. The standard InChI is InChI=1S/C30H48O3/c1-19-20(31)7-8-21-26(19,3)10-9-22-27(21,4)12-13-29(6)23-17-25(2)11-15-30(23,24(32)33-18-25)16-14-28(22,29)5/h19,21-24,32H,7-18H2,1-6H3/t19-,21+,22-,23-,24?,25-,26+,27-,28+,29-,30-/m0/s1. The summed E-state index contributed by atoms with van der Waals surface area (Å²) in [6.07, 6.45) is 12.3. The molecule has 2 aliphatic heterocycles. The lowest BCUT2D eigenvalue weighted by molar-refractivity contribution is -0.283. The lowest BCUT2D eigenvalue weighted by Crippen LogP contribution is -2.68. The van der Waals surface area contributed by atoms with E-state index in [1.165, 1.54) is 44.9 Å². The summed E-state index contributed by atoms with van der Waals surface area (Å²) in [5.74, 6) is 2.69. The molecule has 7 fully saturated rings. The van der Waals surface area contributed by atoms with Gasteiger partial charge in [-0.15, -0.1) is 0 Å². The predicted octanol–water partition coefficient (Wildman–Crippen LogP) is 6.77. The first-order valence-electron chi connectivity index (χ1n) is 14.2. The van der Waals surface area contributed by atoms with Gasteiger partial charge in [-0.05, 0) is 109 Å². The molecule has 3 heteroatoms. The highest BCUT2D eigenvalue weighted by Gasteiger charge is 2.73. The highest BCUT2D eigenvalue weighted by atomic mass is 16.6. The molecule has 186 valence electrons. The third-order valence-corrected chi connectivity index (χ3v) is 14.3. The Morgan fingerprint density at radius 2 is 1.45 bits per heavy atom. The molecule has 1 spiro atoms. The summed E-state index contributed by atoms with van der Waals surface area (Å²) < 4.78 is 6.17. The maximum atomic E-state index is 12.7. The van der Waals surface area contributed by atoms with E-state index in [2.05, 4.69) is 41.5 Å². The van der Waals surface area contributed by atoms with Gasteiger partial charge in [0.25, 0.3) is 0 Å². The van der Waals surface area contributed by atoms with Crippen molar-refractivity contribution in [1.82, 2.24) is 0 Å². The zero-order chi connectivity index (χ0) is 23.7. The summed E-state index contributed by atoms with van der Waals surface area (Å²) in [6.45, 7) is 15.8. The van der Waals surface area contributed by atoms with Gasteiger partial charge in [0, 0.05) is 17.8 Å². The molecule has 1 unspecified atom stereocenters. The molecule has 0 aromatic carbocycles. The molecule has 7 aliphatic rings. The maximum absolute atomic E-state index is 12.7. The molecular weight excluding hydrogens is 408 g/mol. The molecule has 2 saturated heterocycles. The van der Waals surface area contributed by atoms with Crippen LogP contribution in [0.25, 0.3) is 0 Å². The number of rotatable bonds is 0. The van der Waals surface area contributed by atoms with E-state index in [0.29, 0.717) is 28.4 Å². The molecule has 11 atom stereocenters. The third kappa shape index (κ3) is 2.58. The number of Topliss-reactive ketones (excluding diaryl/α,β-unsaturated/α-hetero) is 1. The number of hydrogen-bond donors (Lipinski definition) is 1. The average Bonchev–Trinajstić information content (AvgIpc) is 2.96. The fraction of sp³-hybridized carbons (Fsp3) is 0.967. The van der Waals surface area contributed by atoms with Gasteiger partial charge in [-0.2, -0.15) is 0 Å². The average molecular weight is 457 g/mol. The monoisotopic (exact) mass is 456 g/mol. The molecule has 5 aliphatic carbocycles. The molecule has 0 aromatic rings. The maximum Gasteiger partial charge on any atom is 0.160 e. The summed E-state index contributed by atoms with van der Waals surface area (Å²) in [4.78, 5) is 12.7. The Morgan fingerprint density at radius 1 is 0.788 bits per heavy atom. The van der Waals surface area contributed by atoms with Gasteiger partial charge in [-0.1, -0.05) is 41.5 Å². The van der Waals surface area contributed by atoms with Crippen molar-refractivity contribution in [3.05, 3.63) is 0 Å². The summed E-state index contributed by atoms with van der Waals surface area (Å²) in [5, 5.41) is 11.3. The highest BCUT2D eigenvalue weighted by molar-refractivity contribution is 5.82. The third-order valence-electron chi connectivity index (χ3n) is 14.3. The number of aliphatic hydroxyl groups is 1. The first-order chi connectivity index (χ1) is 15.3. The quantitative estimate of drug-likeness (QED) is 0.438. The molecule has 0 radical (unpaired) electrons. The van der Waals surface area contributed by atoms with Gasteiger partial charge in [-0.25, -0.2) is 0 Å². The lowest BCUT2D eigenvalue weighted by Gasteiger charge is -2.74. The van der Waals surface area contributed by atoms with E-state index in [4.69, 9.17) is 4.74 Å². The van der Waals surface area contributed by atoms with Crippen LogP contribution in [0.3, 0.4) is 0 Å². The van der Waals surface area contributed by atoms with Crippen molar-refractivity contribution in [1.29, 1.82) is 0 Å². The van der Waals surface area contributed by atoms with Crippen LogP contribution in [0, 0.1) is 56.2 Å². The molecule has 2 bridgehead atoms. The number of carbonyl (C=O) groups excluding carboxylic acids is 1. The summed E-state index contributed by atoms with van der Waals surface area (Å²) >= 11 is 0. The van der Waals surface area contributed by atoms with Crippen LogP contribution in [0.4, 0.5) is 0 Å². The Balaban J connectivity index is 1.41. The first kappa shape index (κ1) is 23.0. The minimum atomic E-state index is -0.582. The van der Waals surface area contributed by atoms with Crippen LogP contribution in [-0.4, -0.2) is 23.8 Å². The van der Waals surface area contributed by atoms with Crippen molar-refractivity contribution >= 4 is 5.78 Å². The smallest absolute Gasteiger partial charge is 0.160 e. The Bertz CT molecular complexity index is 869. The number of ketones is 1. The molecule has 0 amide bonds. The largest absolute Gasteiger partial charge is 0.367 e. The van der Waals surface area contributed by atoms with Gasteiger partial charge in [0.1, 0.15) is 5.78 Å². The number of fused-ring (bicyclic) bond motifs is 8.